The Morgan fingerprint density at radius 1 is 0.600 bits per heavy atom. The lowest BCUT2D eigenvalue weighted by molar-refractivity contribution is 1.43. The van der Waals surface area contributed by atoms with Crippen LogP contribution in [0.3, 0.4) is 0 Å². The number of aryl methyl sites for hydroxylation is 4. The van der Waals surface area contributed by atoms with Gasteiger partial charge in [0.25, 0.3) is 0 Å². The number of H-pyrrole nitrogens is 2. The number of fused-ring (bicyclic) bond motifs is 6. The minimum absolute atomic E-state index is 1.20. The molecule has 0 radical (unpaired) electrons. The molecular weight excluding hydrogens is 364 g/mol. The molecule has 2 aromatic heterocycles. The molecule has 6 aromatic rings. The van der Waals surface area contributed by atoms with Gasteiger partial charge in [-0.3, -0.25) is 0 Å². The molecule has 0 aliphatic rings. The minimum atomic E-state index is 1.20. The standard InChI is InChI=1S/C28H24N2/c1-15-8-11-24-23(12-15)21-10-9-20(18(4)28(21)29-24)19-13-17(3)26-22-7-5-6-16(2)27(22)30-25(26)14-19/h5-14,29-30H,1-4H3. The lowest BCUT2D eigenvalue weighted by Gasteiger charge is -2.10. The number of para-hydroxylation sites is 1. The molecule has 0 saturated carbocycles. The van der Waals surface area contributed by atoms with E-state index in [2.05, 4.69) is 98.3 Å². The van der Waals surface area contributed by atoms with Crippen molar-refractivity contribution in [1.29, 1.82) is 0 Å². The Balaban J connectivity index is 1.63. The van der Waals surface area contributed by atoms with Gasteiger partial charge in [-0.25, -0.2) is 0 Å². The average molecular weight is 389 g/mol. The quantitative estimate of drug-likeness (QED) is 0.287. The van der Waals surface area contributed by atoms with Crippen molar-refractivity contribution in [3.63, 3.8) is 0 Å². The van der Waals surface area contributed by atoms with Crippen molar-refractivity contribution in [2.45, 2.75) is 27.7 Å². The van der Waals surface area contributed by atoms with Crippen LogP contribution in [0.1, 0.15) is 22.3 Å². The molecule has 0 amide bonds. The van der Waals surface area contributed by atoms with Crippen molar-refractivity contribution >= 4 is 43.6 Å². The molecule has 2 nitrogen and oxygen atoms in total. The summed E-state index contributed by atoms with van der Waals surface area (Å²) < 4.78 is 0. The third kappa shape index (κ3) is 2.31. The fourth-order valence-electron chi connectivity index (χ4n) is 5.11. The van der Waals surface area contributed by atoms with Gasteiger partial charge in [-0.2, -0.15) is 0 Å². The van der Waals surface area contributed by atoms with Gasteiger partial charge in [0.1, 0.15) is 0 Å². The predicted molar refractivity (Wildman–Crippen MR) is 130 cm³/mol. The number of benzene rings is 4. The summed E-state index contributed by atoms with van der Waals surface area (Å²) in [6.07, 6.45) is 0. The summed E-state index contributed by atoms with van der Waals surface area (Å²) in [5.74, 6) is 0. The van der Waals surface area contributed by atoms with Crippen molar-refractivity contribution in [3.05, 3.63) is 82.9 Å². The maximum Gasteiger partial charge on any atom is 0.0500 e. The van der Waals surface area contributed by atoms with Gasteiger partial charge in [-0.05, 0) is 73.7 Å². The molecular formula is C28H24N2. The van der Waals surface area contributed by atoms with Crippen molar-refractivity contribution < 1.29 is 0 Å². The van der Waals surface area contributed by atoms with E-state index in [4.69, 9.17) is 0 Å². The first-order valence-corrected chi connectivity index (χ1v) is 10.5. The number of aromatic amines is 2. The van der Waals surface area contributed by atoms with Gasteiger partial charge >= 0.3 is 0 Å². The van der Waals surface area contributed by atoms with Crippen molar-refractivity contribution in [2.75, 3.05) is 0 Å². The largest absolute Gasteiger partial charge is 0.354 e. The Hall–Kier alpha value is -3.52. The smallest absolute Gasteiger partial charge is 0.0500 e. The number of nitrogens with one attached hydrogen (secondary N) is 2. The van der Waals surface area contributed by atoms with E-state index in [9.17, 15) is 0 Å². The highest BCUT2D eigenvalue weighted by Crippen LogP contribution is 2.37. The SMILES string of the molecule is Cc1ccc2[nH]c3c(C)c(-c4cc(C)c5c(c4)[nH]c4c(C)cccc45)ccc3c2c1. The van der Waals surface area contributed by atoms with Crippen LogP contribution in [0.25, 0.3) is 54.7 Å². The summed E-state index contributed by atoms with van der Waals surface area (Å²) >= 11 is 0. The van der Waals surface area contributed by atoms with Crippen molar-refractivity contribution in [3.8, 4) is 11.1 Å². The van der Waals surface area contributed by atoms with Crippen LogP contribution in [0.2, 0.25) is 0 Å². The molecule has 0 bridgehead atoms. The van der Waals surface area contributed by atoms with Gasteiger partial charge < -0.3 is 9.97 Å². The monoisotopic (exact) mass is 388 g/mol. The summed E-state index contributed by atoms with van der Waals surface area (Å²) in [6, 6.07) is 22.4. The zero-order chi connectivity index (χ0) is 20.6. The van der Waals surface area contributed by atoms with Crippen molar-refractivity contribution in [2.24, 2.45) is 0 Å². The van der Waals surface area contributed by atoms with Crippen LogP contribution in [-0.4, -0.2) is 9.97 Å². The van der Waals surface area contributed by atoms with Crippen LogP contribution in [-0.2, 0) is 0 Å². The molecule has 0 unspecified atom stereocenters. The van der Waals surface area contributed by atoms with Gasteiger partial charge in [-0.15, -0.1) is 0 Å². The molecule has 0 atom stereocenters. The van der Waals surface area contributed by atoms with Crippen LogP contribution < -0.4 is 0 Å². The van der Waals surface area contributed by atoms with E-state index in [0.29, 0.717) is 0 Å². The highest BCUT2D eigenvalue weighted by atomic mass is 14.7. The molecule has 30 heavy (non-hydrogen) atoms. The fourth-order valence-corrected chi connectivity index (χ4v) is 5.11. The summed E-state index contributed by atoms with van der Waals surface area (Å²) in [4.78, 5) is 7.33. The molecule has 2 N–H and O–H groups in total. The van der Waals surface area contributed by atoms with Crippen LogP contribution in [0.5, 0.6) is 0 Å². The van der Waals surface area contributed by atoms with E-state index in [1.165, 1.54) is 77.0 Å². The Labute approximate surface area is 175 Å². The summed E-state index contributed by atoms with van der Waals surface area (Å²) in [5, 5.41) is 5.25. The van der Waals surface area contributed by atoms with E-state index in [1.807, 2.05) is 0 Å². The lowest BCUT2D eigenvalue weighted by atomic mass is 9.94. The molecule has 2 heteroatoms. The molecule has 0 aliphatic heterocycles. The first-order chi connectivity index (χ1) is 14.5. The Morgan fingerprint density at radius 3 is 2.30 bits per heavy atom. The maximum absolute atomic E-state index is 3.67. The first-order valence-electron chi connectivity index (χ1n) is 10.5. The molecule has 146 valence electrons. The van der Waals surface area contributed by atoms with Crippen molar-refractivity contribution in [1.82, 2.24) is 9.97 Å². The van der Waals surface area contributed by atoms with Crippen LogP contribution in [0.15, 0.2) is 60.7 Å². The number of rotatable bonds is 1. The summed E-state index contributed by atoms with van der Waals surface area (Å²) in [7, 11) is 0. The Bertz CT molecular complexity index is 1630. The topological polar surface area (TPSA) is 31.6 Å². The fraction of sp³-hybridized carbons (Fsp3) is 0.143. The first kappa shape index (κ1) is 17.3. The van der Waals surface area contributed by atoms with E-state index in [-0.39, 0.29) is 0 Å². The van der Waals surface area contributed by atoms with Gasteiger partial charge in [0.15, 0.2) is 0 Å². The van der Waals surface area contributed by atoms with Crippen LogP contribution in [0.4, 0.5) is 0 Å². The molecule has 2 heterocycles. The Morgan fingerprint density at radius 2 is 1.43 bits per heavy atom. The van der Waals surface area contributed by atoms with Crippen LogP contribution in [0, 0.1) is 27.7 Å². The lowest BCUT2D eigenvalue weighted by Crippen LogP contribution is -1.87. The second-order valence-corrected chi connectivity index (χ2v) is 8.67. The molecule has 0 saturated heterocycles. The van der Waals surface area contributed by atoms with E-state index in [0.717, 1.165) is 0 Å². The zero-order valence-corrected chi connectivity index (χ0v) is 17.8. The van der Waals surface area contributed by atoms with E-state index >= 15 is 0 Å². The van der Waals surface area contributed by atoms with Gasteiger partial charge in [0.05, 0.1) is 5.52 Å². The maximum atomic E-state index is 3.67. The highest BCUT2D eigenvalue weighted by Gasteiger charge is 2.14. The van der Waals surface area contributed by atoms with E-state index in [1.54, 1.807) is 0 Å². The molecule has 0 spiro atoms. The van der Waals surface area contributed by atoms with Gasteiger partial charge in [0.2, 0.25) is 0 Å². The summed E-state index contributed by atoms with van der Waals surface area (Å²) in [6.45, 7) is 8.78. The molecule has 6 rings (SSSR count). The number of aromatic nitrogens is 2. The summed E-state index contributed by atoms with van der Waals surface area (Å²) in [5.41, 5.74) is 12.6. The number of hydrogen-bond acceptors (Lipinski definition) is 0. The Kier molecular flexibility index (Phi) is 3.47. The molecule has 0 fully saturated rings. The predicted octanol–water partition coefficient (Wildman–Crippen LogP) is 7.86. The third-order valence-electron chi connectivity index (χ3n) is 6.64. The number of hydrogen-bond donors (Lipinski definition) is 2. The molecule has 4 aromatic carbocycles. The highest BCUT2D eigenvalue weighted by molar-refractivity contribution is 6.12. The van der Waals surface area contributed by atoms with Gasteiger partial charge in [-0.1, -0.05) is 48.0 Å². The average Bonchev–Trinajstić information content (AvgIpc) is 3.28. The van der Waals surface area contributed by atoms with Crippen LogP contribution >= 0.6 is 0 Å². The normalized spacial score (nSPS) is 12.0. The second kappa shape index (κ2) is 5.99. The third-order valence-corrected chi connectivity index (χ3v) is 6.64. The van der Waals surface area contributed by atoms with Gasteiger partial charge in [0, 0.05) is 38.1 Å². The zero-order valence-electron chi connectivity index (χ0n) is 17.8. The second-order valence-electron chi connectivity index (χ2n) is 8.67. The molecule has 0 aliphatic carbocycles. The van der Waals surface area contributed by atoms with E-state index < -0.39 is 0 Å². The minimum Gasteiger partial charge on any atom is -0.354 e.